The summed E-state index contributed by atoms with van der Waals surface area (Å²) in [5, 5.41) is 12.0. The number of carboxylic acids is 1. The first kappa shape index (κ1) is 16.6. The molecule has 5 nitrogen and oxygen atoms in total. The number of hydrogen-bond acceptors (Lipinski definition) is 3. The molecule has 0 bridgehead atoms. The minimum atomic E-state index is -0.873. The number of amides is 1. The molecule has 0 unspecified atom stereocenters. The standard InChI is InChI=1S/C9H15BN2O3.C7H8/c1-11-6-2-4-10-5-3-7(9(14)15)12(10)8(6)13;1-7-5-3-2-4-6-7/h6-7,11H,2-5H2,1H3,(H,14,15);2-6H,1H3/t6-,7-;/m0./s1. The molecule has 0 aromatic heterocycles. The first-order valence-corrected chi connectivity index (χ1v) is 7.78. The van der Waals surface area contributed by atoms with Crippen molar-refractivity contribution in [2.24, 2.45) is 0 Å². The lowest BCUT2D eigenvalue weighted by Gasteiger charge is -2.35. The molecule has 0 radical (unpaired) electrons. The number of likely N-dealkylation sites (N-methyl/N-ethyl adjacent to an activating group) is 1. The Morgan fingerprint density at radius 3 is 2.41 bits per heavy atom. The van der Waals surface area contributed by atoms with Crippen molar-refractivity contribution in [2.45, 2.75) is 44.5 Å². The minimum Gasteiger partial charge on any atom is -0.480 e. The Balaban J connectivity index is 0.000000211. The van der Waals surface area contributed by atoms with Gasteiger partial charge in [0.25, 0.3) is 6.85 Å². The second-order valence-electron chi connectivity index (χ2n) is 5.90. The van der Waals surface area contributed by atoms with Gasteiger partial charge in [-0.15, -0.1) is 0 Å². The van der Waals surface area contributed by atoms with Gasteiger partial charge in [0.05, 0.1) is 6.04 Å². The molecule has 2 atom stereocenters. The topological polar surface area (TPSA) is 69.6 Å². The van der Waals surface area contributed by atoms with Crippen molar-refractivity contribution in [3.8, 4) is 0 Å². The first-order chi connectivity index (χ1) is 10.5. The number of hydrogen-bond donors (Lipinski definition) is 2. The lowest BCUT2D eigenvalue weighted by Crippen LogP contribution is -2.57. The molecular formula is C16H23BN2O3. The lowest BCUT2D eigenvalue weighted by atomic mass is 9.53. The van der Waals surface area contributed by atoms with E-state index in [1.165, 1.54) is 5.56 Å². The minimum absolute atomic E-state index is 0.0429. The zero-order valence-corrected chi connectivity index (χ0v) is 13.2. The van der Waals surface area contributed by atoms with E-state index in [4.69, 9.17) is 5.11 Å². The van der Waals surface area contributed by atoms with Gasteiger partial charge in [-0.2, -0.15) is 0 Å². The maximum Gasteiger partial charge on any atom is 0.325 e. The van der Waals surface area contributed by atoms with Gasteiger partial charge in [-0.1, -0.05) is 48.5 Å². The molecule has 22 heavy (non-hydrogen) atoms. The van der Waals surface area contributed by atoms with Gasteiger partial charge < -0.3 is 15.2 Å². The molecule has 2 aliphatic heterocycles. The van der Waals surface area contributed by atoms with Gasteiger partial charge in [-0.3, -0.25) is 9.59 Å². The smallest absolute Gasteiger partial charge is 0.325 e. The van der Waals surface area contributed by atoms with Crippen LogP contribution in [0.15, 0.2) is 30.3 Å². The summed E-state index contributed by atoms with van der Waals surface area (Å²) in [6.07, 6.45) is 3.17. The predicted octanol–water partition coefficient (Wildman–Crippen LogP) is 1.65. The Labute approximate surface area is 131 Å². The van der Waals surface area contributed by atoms with Crippen molar-refractivity contribution >= 4 is 18.7 Å². The number of carbonyl (C=O) groups excluding carboxylic acids is 1. The number of carboxylic acid groups (broad SMARTS) is 1. The highest BCUT2D eigenvalue weighted by molar-refractivity contribution is 6.61. The van der Waals surface area contributed by atoms with E-state index >= 15 is 0 Å². The van der Waals surface area contributed by atoms with Crippen LogP contribution in [0.5, 0.6) is 0 Å². The predicted molar refractivity (Wildman–Crippen MR) is 86.9 cm³/mol. The van der Waals surface area contributed by atoms with E-state index in [0.29, 0.717) is 6.42 Å². The van der Waals surface area contributed by atoms with Crippen molar-refractivity contribution in [3.63, 3.8) is 0 Å². The van der Waals surface area contributed by atoms with Gasteiger partial charge in [0.2, 0.25) is 5.91 Å². The Kier molecular flexibility index (Phi) is 5.60. The molecule has 1 aromatic carbocycles. The van der Waals surface area contributed by atoms with E-state index < -0.39 is 12.0 Å². The Hall–Kier alpha value is -1.82. The molecular weight excluding hydrogens is 279 g/mol. The van der Waals surface area contributed by atoms with Crippen LogP contribution < -0.4 is 5.32 Å². The summed E-state index contributed by atoms with van der Waals surface area (Å²) in [6, 6.07) is 9.47. The molecule has 6 heteroatoms. The van der Waals surface area contributed by atoms with E-state index in [1.807, 2.05) is 18.2 Å². The van der Waals surface area contributed by atoms with Gasteiger partial charge in [0.1, 0.15) is 6.04 Å². The zero-order valence-electron chi connectivity index (χ0n) is 13.2. The van der Waals surface area contributed by atoms with Crippen LogP contribution in [0.2, 0.25) is 12.6 Å². The summed E-state index contributed by atoms with van der Waals surface area (Å²) in [6.45, 7) is 2.24. The summed E-state index contributed by atoms with van der Waals surface area (Å²) in [5.41, 5.74) is 1.32. The fourth-order valence-electron chi connectivity index (χ4n) is 3.21. The maximum atomic E-state index is 12.0. The molecule has 2 saturated heterocycles. The average Bonchev–Trinajstić information content (AvgIpc) is 2.94. The van der Waals surface area contributed by atoms with Crippen LogP contribution in [0, 0.1) is 6.92 Å². The Morgan fingerprint density at radius 2 is 1.91 bits per heavy atom. The van der Waals surface area contributed by atoms with E-state index in [9.17, 15) is 9.59 Å². The normalized spacial score (nSPS) is 23.6. The fourth-order valence-corrected chi connectivity index (χ4v) is 3.21. The number of nitrogens with one attached hydrogen (secondary N) is 1. The zero-order chi connectivity index (χ0) is 16.1. The van der Waals surface area contributed by atoms with Crippen LogP contribution in [0.3, 0.4) is 0 Å². The largest absolute Gasteiger partial charge is 0.480 e. The van der Waals surface area contributed by atoms with Crippen LogP contribution in [0.25, 0.3) is 0 Å². The molecule has 118 valence electrons. The SMILES string of the molecule is CN[C@H]1CCB2CC[C@@H](C(=O)O)N2C1=O.Cc1ccccc1. The van der Waals surface area contributed by atoms with Gasteiger partial charge in [0, 0.05) is 0 Å². The van der Waals surface area contributed by atoms with Crippen LogP contribution in [-0.4, -0.2) is 47.8 Å². The third-order valence-electron chi connectivity index (χ3n) is 4.42. The van der Waals surface area contributed by atoms with Crippen LogP contribution in [-0.2, 0) is 9.59 Å². The van der Waals surface area contributed by atoms with Gasteiger partial charge in [-0.05, 0) is 26.8 Å². The van der Waals surface area contributed by atoms with Gasteiger partial charge in [-0.25, -0.2) is 0 Å². The second kappa shape index (κ2) is 7.45. The molecule has 0 saturated carbocycles. The summed E-state index contributed by atoms with van der Waals surface area (Å²) in [7, 11) is 1.74. The number of nitrogens with zero attached hydrogens (tertiary/aromatic N) is 1. The highest BCUT2D eigenvalue weighted by Gasteiger charge is 2.47. The molecule has 1 aromatic rings. The summed E-state index contributed by atoms with van der Waals surface area (Å²) < 4.78 is 0. The maximum absolute atomic E-state index is 12.0. The number of aliphatic carboxylic acids is 1. The quantitative estimate of drug-likeness (QED) is 0.815. The molecule has 2 heterocycles. The third kappa shape index (κ3) is 3.68. The van der Waals surface area contributed by atoms with E-state index in [-0.39, 0.29) is 18.8 Å². The molecule has 3 rings (SSSR count). The van der Waals surface area contributed by atoms with Gasteiger partial charge in [0.15, 0.2) is 0 Å². The first-order valence-electron chi connectivity index (χ1n) is 7.78. The molecule has 0 spiro atoms. The van der Waals surface area contributed by atoms with Crippen molar-refractivity contribution in [1.29, 1.82) is 0 Å². The van der Waals surface area contributed by atoms with E-state index in [0.717, 1.165) is 19.1 Å². The number of carbonyl (C=O) groups is 2. The van der Waals surface area contributed by atoms with Crippen molar-refractivity contribution in [2.75, 3.05) is 7.05 Å². The van der Waals surface area contributed by atoms with Crippen molar-refractivity contribution < 1.29 is 14.7 Å². The summed E-state index contributed by atoms with van der Waals surface area (Å²) in [4.78, 5) is 24.5. The summed E-state index contributed by atoms with van der Waals surface area (Å²) >= 11 is 0. The average molecular weight is 302 g/mol. The Morgan fingerprint density at radius 1 is 1.27 bits per heavy atom. The van der Waals surface area contributed by atoms with Crippen LogP contribution in [0.1, 0.15) is 18.4 Å². The van der Waals surface area contributed by atoms with E-state index in [2.05, 4.69) is 24.4 Å². The molecule has 2 N–H and O–H groups in total. The fraction of sp³-hybridized carbons (Fsp3) is 0.500. The highest BCUT2D eigenvalue weighted by atomic mass is 16.4. The second-order valence-corrected chi connectivity index (χ2v) is 5.90. The monoisotopic (exact) mass is 302 g/mol. The van der Waals surface area contributed by atoms with Gasteiger partial charge >= 0.3 is 5.97 Å². The number of fused-ring (bicyclic) bond motifs is 1. The third-order valence-corrected chi connectivity index (χ3v) is 4.42. The van der Waals surface area contributed by atoms with Crippen molar-refractivity contribution in [3.05, 3.63) is 35.9 Å². The van der Waals surface area contributed by atoms with Crippen LogP contribution >= 0.6 is 0 Å². The molecule has 2 fully saturated rings. The number of rotatable bonds is 2. The lowest BCUT2D eigenvalue weighted by molar-refractivity contribution is -0.146. The van der Waals surface area contributed by atoms with Crippen molar-refractivity contribution in [1.82, 2.24) is 10.1 Å². The molecule has 1 amide bonds. The molecule has 2 aliphatic rings. The van der Waals surface area contributed by atoms with Crippen LogP contribution in [0.4, 0.5) is 0 Å². The summed E-state index contributed by atoms with van der Waals surface area (Å²) in [5.74, 6) is -0.916. The number of aryl methyl sites for hydroxylation is 1. The highest BCUT2D eigenvalue weighted by Crippen LogP contribution is 2.31. The number of benzene rings is 1. The van der Waals surface area contributed by atoms with E-state index in [1.54, 1.807) is 11.9 Å². The Bertz CT molecular complexity index is 523. The molecule has 0 aliphatic carbocycles.